The van der Waals surface area contributed by atoms with Crippen LogP contribution in [0.5, 0.6) is 0 Å². The smallest absolute Gasteiger partial charge is 0.125 e. The van der Waals surface area contributed by atoms with E-state index in [4.69, 9.17) is 23.2 Å². The van der Waals surface area contributed by atoms with E-state index in [2.05, 4.69) is 12.2 Å². The fourth-order valence-corrected chi connectivity index (χ4v) is 2.52. The van der Waals surface area contributed by atoms with Gasteiger partial charge in [-0.1, -0.05) is 42.3 Å². The molecule has 2 aromatic rings. The van der Waals surface area contributed by atoms with E-state index in [1.165, 1.54) is 17.7 Å². The molecule has 1 atom stereocenters. The summed E-state index contributed by atoms with van der Waals surface area (Å²) in [6.45, 7) is 2.67. The second kappa shape index (κ2) is 7.07. The number of halogens is 3. The molecule has 1 nitrogen and oxygen atoms in total. The zero-order chi connectivity index (χ0) is 14.5. The highest BCUT2D eigenvalue weighted by atomic mass is 35.5. The minimum Gasteiger partial charge on any atom is -0.306 e. The molecule has 4 heteroatoms. The summed E-state index contributed by atoms with van der Waals surface area (Å²) in [6, 6.07) is 12.5. The van der Waals surface area contributed by atoms with Crippen molar-refractivity contribution in [3.63, 3.8) is 0 Å². The molecular formula is C16H16Cl2FN. The Labute approximate surface area is 128 Å². The summed E-state index contributed by atoms with van der Waals surface area (Å²) >= 11 is 11.7. The molecule has 0 amide bonds. The molecule has 20 heavy (non-hydrogen) atoms. The van der Waals surface area contributed by atoms with Crippen molar-refractivity contribution in [2.45, 2.75) is 25.9 Å². The van der Waals surface area contributed by atoms with E-state index in [0.717, 1.165) is 17.0 Å². The molecule has 0 aliphatic carbocycles. The average Bonchev–Trinajstić information content (AvgIpc) is 2.40. The fraction of sp³-hybridized carbons (Fsp3) is 0.250. The first-order valence-electron chi connectivity index (χ1n) is 6.52. The van der Waals surface area contributed by atoms with E-state index in [1.807, 2.05) is 24.3 Å². The van der Waals surface area contributed by atoms with Crippen molar-refractivity contribution >= 4 is 23.2 Å². The van der Waals surface area contributed by atoms with Gasteiger partial charge >= 0.3 is 0 Å². The molecule has 2 aromatic carbocycles. The molecule has 106 valence electrons. The van der Waals surface area contributed by atoms with Crippen molar-refractivity contribution in [1.29, 1.82) is 0 Å². The third kappa shape index (κ3) is 4.20. The van der Waals surface area contributed by atoms with Crippen molar-refractivity contribution in [2.75, 3.05) is 0 Å². The summed E-state index contributed by atoms with van der Waals surface area (Å²) in [5.74, 6) is -0.311. The second-order valence-electron chi connectivity index (χ2n) is 4.67. The molecular weight excluding hydrogens is 296 g/mol. The first-order chi connectivity index (χ1) is 9.58. The Balaban J connectivity index is 2.05. The van der Waals surface area contributed by atoms with Crippen LogP contribution in [0.15, 0.2) is 42.5 Å². The lowest BCUT2D eigenvalue weighted by Crippen LogP contribution is -2.20. The van der Waals surface area contributed by atoms with Crippen molar-refractivity contribution in [3.05, 3.63) is 69.5 Å². The van der Waals surface area contributed by atoms with Gasteiger partial charge in [-0.2, -0.15) is 0 Å². The van der Waals surface area contributed by atoms with Crippen molar-refractivity contribution in [1.82, 2.24) is 5.32 Å². The number of rotatable bonds is 5. The van der Waals surface area contributed by atoms with Crippen LogP contribution >= 0.6 is 23.2 Å². The van der Waals surface area contributed by atoms with Gasteiger partial charge in [0.25, 0.3) is 0 Å². The Kier molecular flexibility index (Phi) is 5.41. The number of nitrogens with one attached hydrogen (secondary N) is 1. The molecule has 1 unspecified atom stereocenters. The van der Waals surface area contributed by atoms with E-state index >= 15 is 0 Å². The van der Waals surface area contributed by atoms with Crippen LogP contribution in [-0.2, 0) is 6.54 Å². The van der Waals surface area contributed by atoms with E-state index in [-0.39, 0.29) is 11.9 Å². The van der Waals surface area contributed by atoms with Gasteiger partial charge in [0, 0.05) is 22.6 Å². The van der Waals surface area contributed by atoms with Gasteiger partial charge in [0.2, 0.25) is 0 Å². The number of benzene rings is 2. The summed E-state index contributed by atoms with van der Waals surface area (Å²) < 4.78 is 13.3. The Bertz CT molecular complexity index is 549. The summed E-state index contributed by atoms with van der Waals surface area (Å²) in [7, 11) is 0. The summed E-state index contributed by atoms with van der Waals surface area (Å²) in [6.07, 6.45) is 0.935. The Morgan fingerprint density at radius 3 is 2.35 bits per heavy atom. The summed E-state index contributed by atoms with van der Waals surface area (Å²) in [4.78, 5) is 0. The number of hydrogen-bond donors (Lipinski definition) is 1. The monoisotopic (exact) mass is 311 g/mol. The van der Waals surface area contributed by atoms with Crippen molar-refractivity contribution < 1.29 is 4.39 Å². The molecule has 2 rings (SSSR count). The van der Waals surface area contributed by atoms with Crippen molar-refractivity contribution in [2.24, 2.45) is 0 Å². The van der Waals surface area contributed by atoms with E-state index in [0.29, 0.717) is 11.6 Å². The zero-order valence-corrected chi connectivity index (χ0v) is 12.7. The highest BCUT2D eigenvalue weighted by Crippen LogP contribution is 2.20. The predicted octanol–water partition coefficient (Wildman–Crippen LogP) is 5.37. The molecule has 0 heterocycles. The highest BCUT2D eigenvalue weighted by molar-refractivity contribution is 6.30. The van der Waals surface area contributed by atoms with Crippen LogP contribution in [0.25, 0.3) is 0 Å². The largest absolute Gasteiger partial charge is 0.306 e. The van der Waals surface area contributed by atoms with Gasteiger partial charge in [-0.3, -0.25) is 0 Å². The first kappa shape index (κ1) is 15.3. The Morgan fingerprint density at radius 2 is 1.75 bits per heavy atom. The van der Waals surface area contributed by atoms with Gasteiger partial charge in [0.05, 0.1) is 0 Å². The summed E-state index contributed by atoms with van der Waals surface area (Å²) in [5.41, 5.74) is 2.00. The first-order valence-corrected chi connectivity index (χ1v) is 7.28. The Morgan fingerprint density at radius 1 is 1.05 bits per heavy atom. The fourth-order valence-electron chi connectivity index (χ4n) is 2.15. The topological polar surface area (TPSA) is 12.0 Å². The third-order valence-corrected chi connectivity index (χ3v) is 3.63. The van der Waals surface area contributed by atoms with Gasteiger partial charge in [0.1, 0.15) is 5.82 Å². The zero-order valence-electron chi connectivity index (χ0n) is 11.2. The van der Waals surface area contributed by atoms with Crippen LogP contribution in [0.4, 0.5) is 4.39 Å². The quantitative estimate of drug-likeness (QED) is 0.782. The van der Waals surface area contributed by atoms with Crippen LogP contribution in [0.1, 0.15) is 30.5 Å². The standard InChI is InChI=1S/C16H16Cl2FN/c1-2-16(12-3-5-13(17)6-4-12)20-10-11-7-14(18)9-15(19)8-11/h3-9,16,20H,2,10H2,1H3. The lowest BCUT2D eigenvalue weighted by atomic mass is 10.0. The van der Waals surface area contributed by atoms with E-state index in [1.54, 1.807) is 6.07 Å². The van der Waals surface area contributed by atoms with Crippen LogP contribution in [0.2, 0.25) is 10.0 Å². The molecule has 0 saturated heterocycles. The minimum atomic E-state index is -0.311. The molecule has 0 aliphatic heterocycles. The molecule has 0 fully saturated rings. The lowest BCUT2D eigenvalue weighted by molar-refractivity contribution is 0.517. The normalized spacial score (nSPS) is 12.4. The van der Waals surface area contributed by atoms with Gasteiger partial charge in [-0.05, 0) is 47.9 Å². The third-order valence-electron chi connectivity index (χ3n) is 3.16. The van der Waals surface area contributed by atoms with Crippen LogP contribution in [0, 0.1) is 5.82 Å². The SMILES string of the molecule is CCC(NCc1cc(F)cc(Cl)c1)c1ccc(Cl)cc1. The molecule has 0 bridgehead atoms. The maximum Gasteiger partial charge on any atom is 0.125 e. The maximum atomic E-state index is 13.3. The molecule has 0 spiro atoms. The van der Waals surface area contributed by atoms with Gasteiger partial charge in [0.15, 0.2) is 0 Å². The lowest BCUT2D eigenvalue weighted by Gasteiger charge is -2.18. The van der Waals surface area contributed by atoms with Gasteiger partial charge < -0.3 is 5.32 Å². The Hall–Kier alpha value is -1.09. The van der Waals surface area contributed by atoms with E-state index < -0.39 is 0 Å². The van der Waals surface area contributed by atoms with Crippen LogP contribution < -0.4 is 5.32 Å². The molecule has 0 radical (unpaired) electrons. The number of hydrogen-bond acceptors (Lipinski definition) is 1. The summed E-state index contributed by atoms with van der Waals surface area (Å²) in [5, 5.41) is 4.55. The molecule has 0 saturated carbocycles. The van der Waals surface area contributed by atoms with Crippen LogP contribution in [0.3, 0.4) is 0 Å². The second-order valence-corrected chi connectivity index (χ2v) is 5.54. The highest BCUT2D eigenvalue weighted by Gasteiger charge is 2.09. The molecule has 1 N–H and O–H groups in total. The van der Waals surface area contributed by atoms with E-state index in [9.17, 15) is 4.39 Å². The minimum absolute atomic E-state index is 0.203. The maximum absolute atomic E-state index is 13.3. The van der Waals surface area contributed by atoms with Crippen molar-refractivity contribution in [3.8, 4) is 0 Å². The van der Waals surface area contributed by atoms with Gasteiger partial charge in [-0.15, -0.1) is 0 Å². The average molecular weight is 312 g/mol. The molecule has 0 aliphatic rings. The van der Waals surface area contributed by atoms with Crippen LogP contribution in [-0.4, -0.2) is 0 Å². The van der Waals surface area contributed by atoms with Gasteiger partial charge in [-0.25, -0.2) is 4.39 Å². The predicted molar refractivity (Wildman–Crippen MR) is 82.7 cm³/mol. The molecule has 0 aromatic heterocycles.